The van der Waals surface area contributed by atoms with Crippen molar-refractivity contribution in [3.05, 3.63) is 65.7 Å². The van der Waals surface area contributed by atoms with Gasteiger partial charge in [0.2, 0.25) is 0 Å². The van der Waals surface area contributed by atoms with Gasteiger partial charge in [-0.3, -0.25) is 4.90 Å². The Labute approximate surface area is 170 Å². The summed E-state index contributed by atoms with van der Waals surface area (Å²) in [4.78, 5) is 2.80. The van der Waals surface area contributed by atoms with Crippen LogP contribution in [0.5, 0.6) is 5.75 Å². The van der Waals surface area contributed by atoms with Gasteiger partial charge in [-0.15, -0.1) is 12.4 Å². The highest BCUT2D eigenvalue weighted by atomic mass is 35.5. The van der Waals surface area contributed by atoms with E-state index in [4.69, 9.17) is 4.74 Å². The van der Waals surface area contributed by atoms with Gasteiger partial charge in [0, 0.05) is 5.54 Å². The number of ether oxygens (including phenoxy) is 1. The van der Waals surface area contributed by atoms with Crippen molar-refractivity contribution in [3.63, 3.8) is 0 Å². The molecule has 1 aliphatic heterocycles. The third kappa shape index (κ3) is 4.67. The topological polar surface area (TPSA) is 12.5 Å². The van der Waals surface area contributed by atoms with Crippen LogP contribution in [0.2, 0.25) is 0 Å². The van der Waals surface area contributed by atoms with E-state index in [0.717, 1.165) is 5.75 Å². The predicted molar refractivity (Wildman–Crippen MR) is 115 cm³/mol. The van der Waals surface area contributed by atoms with Gasteiger partial charge in [-0.25, -0.2) is 0 Å². The van der Waals surface area contributed by atoms with Crippen LogP contribution in [0.3, 0.4) is 0 Å². The average Bonchev–Trinajstić information content (AvgIpc) is 2.74. The Morgan fingerprint density at radius 2 is 1.37 bits per heavy atom. The highest BCUT2D eigenvalue weighted by Gasteiger charge is 2.39. The Hall–Kier alpha value is -1.51. The van der Waals surface area contributed by atoms with Gasteiger partial charge in [-0.05, 0) is 62.0 Å². The van der Waals surface area contributed by atoms with Gasteiger partial charge >= 0.3 is 0 Å². The summed E-state index contributed by atoms with van der Waals surface area (Å²) >= 11 is 0. The lowest BCUT2D eigenvalue weighted by Gasteiger charge is -2.48. The summed E-state index contributed by atoms with van der Waals surface area (Å²) in [5.41, 5.74) is 3.00. The van der Waals surface area contributed by atoms with Crippen LogP contribution < -0.4 is 4.74 Å². The molecule has 0 radical (unpaired) electrons. The molecule has 1 heterocycles. The molecular formula is C24H32ClNO. The third-order valence-electron chi connectivity index (χ3n) is 6.28. The number of rotatable bonds is 5. The number of hydrogen-bond acceptors (Lipinski definition) is 2. The second kappa shape index (κ2) is 9.61. The van der Waals surface area contributed by atoms with E-state index in [1.54, 1.807) is 0 Å². The van der Waals surface area contributed by atoms with E-state index in [2.05, 4.69) is 53.4 Å². The maximum atomic E-state index is 6.00. The molecule has 4 rings (SSSR count). The van der Waals surface area contributed by atoms with Crippen molar-refractivity contribution in [1.29, 1.82) is 0 Å². The predicted octanol–water partition coefficient (Wildman–Crippen LogP) is 6.33. The van der Waals surface area contributed by atoms with Gasteiger partial charge in [-0.1, -0.05) is 68.1 Å². The third-order valence-corrected chi connectivity index (χ3v) is 6.28. The Bertz CT molecular complexity index is 673. The van der Waals surface area contributed by atoms with Gasteiger partial charge in [0.25, 0.3) is 0 Å². The molecule has 2 fully saturated rings. The normalized spacial score (nSPS) is 19.9. The molecule has 0 N–H and O–H groups in total. The van der Waals surface area contributed by atoms with Crippen molar-refractivity contribution < 1.29 is 4.74 Å². The first kappa shape index (κ1) is 20.2. The molecule has 1 aliphatic carbocycles. The van der Waals surface area contributed by atoms with E-state index in [1.807, 2.05) is 6.07 Å². The molecule has 0 amide bonds. The molecule has 2 aliphatic rings. The van der Waals surface area contributed by atoms with Crippen LogP contribution in [-0.2, 0) is 12.1 Å². The van der Waals surface area contributed by atoms with E-state index < -0.39 is 0 Å². The fourth-order valence-electron chi connectivity index (χ4n) is 4.85. The summed E-state index contributed by atoms with van der Waals surface area (Å²) in [6.07, 6.45) is 10.9. The van der Waals surface area contributed by atoms with Gasteiger partial charge in [0.1, 0.15) is 12.4 Å². The fourth-order valence-corrected chi connectivity index (χ4v) is 4.85. The van der Waals surface area contributed by atoms with Crippen LogP contribution in [0.4, 0.5) is 0 Å². The average molecular weight is 386 g/mol. The second-order valence-corrected chi connectivity index (χ2v) is 7.94. The van der Waals surface area contributed by atoms with E-state index in [-0.39, 0.29) is 17.9 Å². The molecule has 2 aromatic carbocycles. The van der Waals surface area contributed by atoms with E-state index in [9.17, 15) is 0 Å². The van der Waals surface area contributed by atoms with Crippen molar-refractivity contribution in [2.45, 2.75) is 63.5 Å². The number of benzene rings is 2. The molecule has 0 spiro atoms. The van der Waals surface area contributed by atoms with Crippen molar-refractivity contribution in [1.82, 2.24) is 4.90 Å². The largest absolute Gasteiger partial charge is 0.489 e. The monoisotopic (exact) mass is 385 g/mol. The quantitative estimate of drug-likeness (QED) is 0.596. The number of hydrogen-bond donors (Lipinski definition) is 0. The Morgan fingerprint density at radius 3 is 2.04 bits per heavy atom. The Balaban J connectivity index is 0.00000210. The first-order valence-electron chi connectivity index (χ1n) is 10.4. The minimum absolute atomic E-state index is 0. The van der Waals surface area contributed by atoms with Crippen molar-refractivity contribution >= 4 is 12.4 Å². The van der Waals surface area contributed by atoms with Crippen LogP contribution in [0, 0.1) is 0 Å². The van der Waals surface area contributed by atoms with Crippen LogP contribution in [0.25, 0.3) is 0 Å². The lowest BCUT2D eigenvalue weighted by Crippen LogP contribution is -2.49. The molecular weight excluding hydrogens is 354 g/mol. The fraction of sp³-hybridized carbons (Fsp3) is 0.500. The number of likely N-dealkylation sites (tertiary alicyclic amines) is 1. The minimum Gasteiger partial charge on any atom is -0.489 e. The zero-order valence-electron chi connectivity index (χ0n) is 16.2. The van der Waals surface area contributed by atoms with Crippen molar-refractivity contribution in [2.75, 3.05) is 13.1 Å². The molecule has 1 saturated carbocycles. The molecule has 3 heteroatoms. The van der Waals surface area contributed by atoms with Crippen LogP contribution in [-0.4, -0.2) is 18.0 Å². The summed E-state index contributed by atoms with van der Waals surface area (Å²) in [5, 5.41) is 0. The van der Waals surface area contributed by atoms with Gasteiger partial charge in [-0.2, -0.15) is 0 Å². The summed E-state index contributed by atoms with van der Waals surface area (Å²) in [7, 11) is 0. The van der Waals surface area contributed by atoms with Gasteiger partial charge < -0.3 is 4.74 Å². The minimum atomic E-state index is 0. The molecule has 2 nitrogen and oxygen atoms in total. The summed E-state index contributed by atoms with van der Waals surface area (Å²) < 4.78 is 6.00. The number of nitrogens with zero attached hydrogens (tertiary/aromatic N) is 1. The molecule has 0 unspecified atom stereocenters. The van der Waals surface area contributed by atoms with E-state index in [0.29, 0.717) is 6.61 Å². The van der Waals surface area contributed by atoms with Crippen molar-refractivity contribution in [2.24, 2.45) is 0 Å². The molecule has 0 bridgehead atoms. The first-order valence-corrected chi connectivity index (χ1v) is 10.4. The van der Waals surface area contributed by atoms with Gasteiger partial charge in [0.15, 0.2) is 0 Å². The Morgan fingerprint density at radius 1 is 0.741 bits per heavy atom. The van der Waals surface area contributed by atoms with Gasteiger partial charge in [0.05, 0.1) is 0 Å². The molecule has 0 atom stereocenters. The highest BCUT2D eigenvalue weighted by molar-refractivity contribution is 5.85. The number of piperidine rings is 1. The maximum absolute atomic E-state index is 6.00. The van der Waals surface area contributed by atoms with Crippen LogP contribution in [0.1, 0.15) is 62.5 Å². The SMILES string of the molecule is Cl.c1ccc(COc2ccc(C3(N4CCCCC4)CCCCC3)cc2)cc1. The second-order valence-electron chi connectivity index (χ2n) is 7.94. The van der Waals surface area contributed by atoms with Crippen LogP contribution >= 0.6 is 12.4 Å². The lowest BCUT2D eigenvalue weighted by atomic mass is 9.74. The molecule has 2 aromatic rings. The first-order chi connectivity index (χ1) is 12.9. The zero-order valence-corrected chi connectivity index (χ0v) is 17.1. The standard InChI is InChI=1S/C24H31NO.ClH/c1-4-10-21(11-5-1)20-26-23-14-12-22(13-15-23)24(16-6-2-7-17-24)25-18-8-3-9-19-25;/h1,4-5,10-15H,2-3,6-9,16-20H2;1H. The lowest BCUT2D eigenvalue weighted by molar-refractivity contribution is 0.0303. The van der Waals surface area contributed by atoms with E-state index >= 15 is 0 Å². The zero-order chi connectivity index (χ0) is 17.7. The molecule has 27 heavy (non-hydrogen) atoms. The van der Waals surface area contributed by atoms with Crippen LogP contribution in [0.15, 0.2) is 54.6 Å². The number of halogens is 1. The molecule has 0 aromatic heterocycles. The summed E-state index contributed by atoms with van der Waals surface area (Å²) in [5.74, 6) is 0.974. The van der Waals surface area contributed by atoms with E-state index in [1.165, 1.54) is 75.6 Å². The van der Waals surface area contributed by atoms with Crippen molar-refractivity contribution in [3.8, 4) is 5.75 Å². The smallest absolute Gasteiger partial charge is 0.119 e. The molecule has 1 saturated heterocycles. The summed E-state index contributed by atoms with van der Waals surface area (Å²) in [6.45, 7) is 3.18. The highest BCUT2D eigenvalue weighted by Crippen LogP contribution is 2.43. The summed E-state index contributed by atoms with van der Waals surface area (Å²) in [6, 6.07) is 19.4. The molecule has 146 valence electrons. The Kier molecular flexibility index (Phi) is 7.20. The maximum Gasteiger partial charge on any atom is 0.119 e.